The number of nitrogens with one attached hydrogen (secondary N) is 1. The third-order valence-electron chi connectivity index (χ3n) is 3.74. The Bertz CT molecular complexity index is 979. The van der Waals surface area contributed by atoms with Crippen LogP contribution in [0, 0.1) is 0 Å². The van der Waals surface area contributed by atoms with Gasteiger partial charge in [-0.05, 0) is 29.8 Å². The number of aromatic nitrogens is 1. The van der Waals surface area contributed by atoms with E-state index in [0.29, 0.717) is 18.3 Å². The number of hydrogen-bond acceptors (Lipinski definition) is 3. The van der Waals surface area contributed by atoms with E-state index in [9.17, 15) is 18.0 Å². The molecule has 144 valence electrons. The largest absolute Gasteiger partial charge is 0.438 e. The maximum atomic E-state index is 12.7. The molecule has 0 fully saturated rings. The summed E-state index contributed by atoms with van der Waals surface area (Å²) in [5, 5.41) is 2.50. The fourth-order valence-electron chi connectivity index (χ4n) is 2.35. The minimum absolute atomic E-state index is 0.184. The average molecular weight is 407 g/mol. The number of alkyl halides is 3. The van der Waals surface area contributed by atoms with Crippen LogP contribution >= 0.6 is 11.6 Å². The standard InChI is InChI=1S/C20H14ClF3N2O2/c21-17-10-15(20(22,23)24)12-26-19(17)28-16-8-4-7-14(9-16)18(27)25-11-13-5-2-1-3-6-13/h1-10,12H,11H2,(H,25,27). The summed E-state index contributed by atoms with van der Waals surface area (Å²) in [5.74, 6) is -0.279. The smallest absolute Gasteiger partial charge is 0.417 e. The van der Waals surface area contributed by atoms with Gasteiger partial charge >= 0.3 is 6.18 Å². The van der Waals surface area contributed by atoms with Crippen molar-refractivity contribution < 1.29 is 22.7 Å². The summed E-state index contributed by atoms with van der Waals surface area (Å²) in [4.78, 5) is 15.9. The Labute approximate surface area is 163 Å². The molecule has 0 atom stereocenters. The van der Waals surface area contributed by atoms with E-state index in [-0.39, 0.29) is 22.6 Å². The minimum atomic E-state index is -4.55. The zero-order valence-electron chi connectivity index (χ0n) is 14.3. The van der Waals surface area contributed by atoms with Gasteiger partial charge in [0.1, 0.15) is 10.8 Å². The fourth-order valence-corrected chi connectivity index (χ4v) is 2.55. The van der Waals surface area contributed by atoms with Gasteiger partial charge in [-0.1, -0.05) is 48.0 Å². The van der Waals surface area contributed by atoms with Crippen molar-refractivity contribution in [3.63, 3.8) is 0 Å². The van der Waals surface area contributed by atoms with Gasteiger partial charge in [-0.15, -0.1) is 0 Å². The lowest BCUT2D eigenvalue weighted by atomic mass is 10.2. The Balaban J connectivity index is 1.70. The molecule has 4 nitrogen and oxygen atoms in total. The summed E-state index contributed by atoms with van der Waals surface area (Å²) in [7, 11) is 0. The van der Waals surface area contributed by atoms with Gasteiger partial charge in [-0.3, -0.25) is 4.79 Å². The van der Waals surface area contributed by atoms with Crippen LogP contribution in [0.15, 0.2) is 66.9 Å². The van der Waals surface area contributed by atoms with Crippen molar-refractivity contribution in [2.45, 2.75) is 12.7 Å². The minimum Gasteiger partial charge on any atom is -0.438 e. The Hall–Kier alpha value is -3.06. The van der Waals surface area contributed by atoms with Crippen LogP contribution in [0.25, 0.3) is 0 Å². The molecule has 3 rings (SSSR count). The first-order chi connectivity index (χ1) is 13.3. The number of benzene rings is 2. The van der Waals surface area contributed by atoms with Crippen LogP contribution in [0.3, 0.4) is 0 Å². The lowest BCUT2D eigenvalue weighted by Gasteiger charge is -2.11. The highest BCUT2D eigenvalue weighted by atomic mass is 35.5. The average Bonchev–Trinajstić information content (AvgIpc) is 2.68. The van der Waals surface area contributed by atoms with Crippen molar-refractivity contribution >= 4 is 17.5 Å². The van der Waals surface area contributed by atoms with Crippen molar-refractivity contribution in [1.82, 2.24) is 10.3 Å². The van der Waals surface area contributed by atoms with Gasteiger partial charge in [0, 0.05) is 18.3 Å². The van der Waals surface area contributed by atoms with Crippen LogP contribution in [0.2, 0.25) is 5.02 Å². The molecular formula is C20H14ClF3N2O2. The van der Waals surface area contributed by atoms with E-state index in [1.807, 2.05) is 30.3 Å². The van der Waals surface area contributed by atoms with Crippen LogP contribution in [-0.2, 0) is 12.7 Å². The van der Waals surface area contributed by atoms with E-state index in [1.165, 1.54) is 6.07 Å². The van der Waals surface area contributed by atoms with Crippen LogP contribution < -0.4 is 10.1 Å². The van der Waals surface area contributed by atoms with E-state index in [2.05, 4.69) is 10.3 Å². The normalized spacial score (nSPS) is 11.1. The van der Waals surface area contributed by atoms with Crippen molar-refractivity contribution in [1.29, 1.82) is 0 Å². The first-order valence-electron chi connectivity index (χ1n) is 8.16. The van der Waals surface area contributed by atoms with Gasteiger partial charge in [0.05, 0.1) is 5.56 Å². The molecule has 0 aliphatic carbocycles. The third-order valence-corrected chi connectivity index (χ3v) is 4.01. The summed E-state index contributed by atoms with van der Waals surface area (Å²) in [6, 6.07) is 16.3. The zero-order chi connectivity index (χ0) is 20.1. The molecule has 0 bridgehead atoms. The molecule has 28 heavy (non-hydrogen) atoms. The maximum Gasteiger partial charge on any atom is 0.417 e. The van der Waals surface area contributed by atoms with Crippen LogP contribution in [0.1, 0.15) is 21.5 Å². The zero-order valence-corrected chi connectivity index (χ0v) is 15.1. The summed E-state index contributed by atoms with van der Waals surface area (Å²) >= 11 is 5.84. The summed E-state index contributed by atoms with van der Waals surface area (Å²) in [5.41, 5.74) is 0.305. The number of amides is 1. The summed E-state index contributed by atoms with van der Waals surface area (Å²) < 4.78 is 43.5. The Morgan fingerprint density at radius 2 is 1.82 bits per heavy atom. The molecule has 0 saturated carbocycles. The second-order valence-electron chi connectivity index (χ2n) is 5.81. The van der Waals surface area contributed by atoms with Gasteiger partial charge in [0.15, 0.2) is 0 Å². The van der Waals surface area contributed by atoms with Gasteiger partial charge < -0.3 is 10.1 Å². The Morgan fingerprint density at radius 1 is 1.07 bits per heavy atom. The number of rotatable bonds is 5. The molecule has 1 amide bonds. The molecule has 0 spiro atoms. The van der Waals surface area contributed by atoms with Crippen molar-refractivity contribution in [3.8, 4) is 11.6 Å². The third kappa shape index (κ3) is 5.01. The molecule has 0 aliphatic heterocycles. The summed E-state index contributed by atoms with van der Waals surface area (Å²) in [6.45, 7) is 0.358. The van der Waals surface area contributed by atoms with E-state index in [1.54, 1.807) is 18.2 Å². The van der Waals surface area contributed by atoms with Gasteiger partial charge in [-0.25, -0.2) is 4.98 Å². The van der Waals surface area contributed by atoms with Crippen molar-refractivity contribution in [3.05, 3.63) is 88.6 Å². The van der Waals surface area contributed by atoms with Gasteiger partial charge in [0.25, 0.3) is 5.91 Å². The quantitative estimate of drug-likeness (QED) is 0.610. The highest BCUT2D eigenvalue weighted by Gasteiger charge is 2.31. The number of halogens is 4. The van der Waals surface area contributed by atoms with Crippen LogP contribution in [0.5, 0.6) is 11.6 Å². The van der Waals surface area contributed by atoms with Crippen LogP contribution in [-0.4, -0.2) is 10.9 Å². The van der Waals surface area contributed by atoms with E-state index >= 15 is 0 Å². The van der Waals surface area contributed by atoms with Crippen molar-refractivity contribution in [2.75, 3.05) is 0 Å². The molecule has 0 unspecified atom stereocenters. The van der Waals surface area contributed by atoms with Crippen molar-refractivity contribution in [2.24, 2.45) is 0 Å². The molecule has 8 heteroatoms. The number of carbonyl (C=O) groups excluding carboxylic acids is 1. The molecular weight excluding hydrogens is 393 g/mol. The molecule has 3 aromatic rings. The molecule has 0 radical (unpaired) electrons. The van der Waals surface area contributed by atoms with Gasteiger partial charge in [0.2, 0.25) is 5.88 Å². The maximum absolute atomic E-state index is 12.7. The lowest BCUT2D eigenvalue weighted by Crippen LogP contribution is -2.22. The van der Waals surface area contributed by atoms with Crippen LogP contribution in [0.4, 0.5) is 13.2 Å². The summed E-state index contributed by atoms with van der Waals surface area (Å²) in [6.07, 6.45) is -3.91. The lowest BCUT2D eigenvalue weighted by molar-refractivity contribution is -0.137. The number of pyridine rings is 1. The molecule has 2 aromatic carbocycles. The molecule has 0 saturated heterocycles. The topological polar surface area (TPSA) is 51.2 Å². The second-order valence-corrected chi connectivity index (χ2v) is 6.21. The SMILES string of the molecule is O=C(NCc1ccccc1)c1cccc(Oc2ncc(C(F)(F)F)cc2Cl)c1. The second kappa shape index (κ2) is 8.31. The van der Waals surface area contributed by atoms with E-state index < -0.39 is 11.7 Å². The molecule has 0 aliphatic rings. The monoisotopic (exact) mass is 406 g/mol. The number of nitrogens with zero attached hydrogens (tertiary/aromatic N) is 1. The van der Waals surface area contributed by atoms with E-state index in [0.717, 1.165) is 11.6 Å². The highest BCUT2D eigenvalue weighted by molar-refractivity contribution is 6.31. The first-order valence-corrected chi connectivity index (χ1v) is 8.53. The molecule has 1 heterocycles. The number of carbonyl (C=O) groups is 1. The Morgan fingerprint density at radius 3 is 2.50 bits per heavy atom. The fraction of sp³-hybridized carbons (Fsp3) is 0.100. The molecule has 1 aromatic heterocycles. The van der Waals surface area contributed by atoms with E-state index in [4.69, 9.17) is 16.3 Å². The highest BCUT2D eigenvalue weighted by Crippen LogP contribution is 2.34. The molecule has 1 N–H and O–H groups in total. The number of hydrogen-bond donors (Lipinski definition) is 1. The first kappa shape index (κ1) is 19.7. The van der Waals surface area contributed by atoms with Gasteiger partial charge in [-0.2, -0.15) is 13.2 Å². The Kier molecular flexibility index (Phi) is 5.84. The predicted octanol–water partition coefficient (Wildman–Crippen LogP) is 5.48. The number of ether oxygens (including phenoxy) is 1. The predicted molar refractivity (Wildman–Crippen MR) is 98.4 cm³/mol.